The van der Waals surface area contributed by atoms with E-state index >= 15 is 0 Å². The van der Waals surface area contributed by atoms with Crippen molar-refractivity contribution in [1.82, 2.24) is 9.80 Å². The van der Waals surface area contributed by atoms with Gasteiger partial charge in [-0.15, -0.1) is 0 Å². The number of methoxy groups -OCH3 is 1. The topological polar surface area (TPSA) is 58.8 Å². The highest BCUT2D eigenvalue weighted by atomic mass is 16.5. The Hall–Kier alpha value is -1.43. The minimum absolute atomic E-state index is 0.232. The van der Waals surface area contributed by atoms with Crippen LogP contribution in [-0.4, -0.2) is 61.6 Å². The maximum Gasteiger partial charge on any atom is 0.324 e. The molecule has 5 nitrogen and oxygen atoms in total. The van der Waals surface area contributed by atoms with Crippen molar-refractivity contribution in [1.29, 1.82) is 0 Å². The Morgan fingerprint density at radius 3 is 2.45 bits per heavy atom. The van der Waals surface area contributed by atoms with Crippen LogP contribution in [0.3, 0.4) is 0 Å². The summed E-state index contributed by atoms with van der Waals surface area (Å²) in [6, 6.07) is 10.1. The highest BCUT2D eigenvalue weighted by Gasteiger charge is 2.28. The number of hydrogen-bond donors (Lipinski definition) is 1. The van der Waals surface area contributed by atoms with Crippen LogP contribution in [0.2, 0.25) is 0 Å². The Morgan fingerprint density at radius 1 is 1.25 bits per heavy atom. The molecule has 5 heteroatoms. The molecule has 1 unspecified atom stereocenters. The average molecular weight is 277 g/mol. The lowest BCUT2D eigenvalue weighted by atomic mass is 10.1. The summed E-state index contributed by atoms with van der Waals surface area (Å²) in [7, 11) is 1.41. The number of nitrogens with zero attached hydrogens (tertiary/aromatic N) is 2. The van der Waals surface area contributed by atoms with Gasteiger partial charge in [0.25, 0.3) is 0 Å². The summed E-state index contributed by atoms with van der Waals surface area (Å²) in [5.41, 5.74) is 7.01. The van der Waals surface area contributed by atoms with Gasteiger partial charge < -0.3 is 10.5 Å². The first-order valence-corrected chi connectivity index (χ1v) is 7.03. The second-order valence-corrected chi connectivity index (χ2v) is 5.07. The average Bonchev–Trinajstić information content (AvgIpc) is 2.50. The monoisotopic (exact) mass is 277 g/mol. The first kappa shape index (κ1) is 15.0. The molecule has 110 valence electrons. The number of ether oxygens (including phenoxy) is 1. The molecular formula is C15H23N3O2. The minimum atomic E-state index is -0.307. The van der Waals surface area contributed by atoms with E-state index in [1.54, 1.807) is 0 Å². The van der Waals surface area contributed by atoms with Crippen molar-refractivity contribution in [3.8, 4) is 0 Å². The van der Waals surface area contributed by atoms with Crippen LogP contribution in [0.4, 0.5) is 0 Å². The molecule has 0 aromatic heterocycles. The smallest absolute Gasteiger partial charge is 0.324 e. The van der Waals surface area contributed by atoms with Gasteiger partial charge >= 0.3 is 5.97 Å². The van der Waals surface area contributed by atoms with Gasteiger partial charge in [0.1, 0.15) is 6.04 Å². The van der Waals surface area contributed by atoms with Gasteiger partial charge in [-0.1, -0.05) is 30.3 Å². The zero-order chi connectivity index (χ0) is 14.4. The lowest BCUT2D eigenvalue weighted by Gasteiger charge is -2.37. The largest absolute Gasteiger partial charge is 0.468 e. The highest BCUT2D eigenvalue weighted by molar-refractivity contribution is 5.75. The lowest BCUT2D eigenvalue weighted by molar-refractivity contribution is -0.147. The van der Waals surface area contributed by atoms with Crippen molar-refractivity contribution in [2.75, 3.05) is 39.8 Å². The summed E-state index contributed by atoms with van der Waals surface area (Å²) in [5, 5.41) is 0. The van der Waals surface area contributed by atoms with E-state index in [2.05, 4.69) is 34.1 Å². The van der Waals surface area contributed by atoms with Gasteiger partial charge in [-0.2, -0.15) is 0 Å². The molecule has 1 atom stereocenters. The van der Waals surface area contributed by atoms with E-state index in [4.69, 9.17) is 10.5 Å². The van der Waals surface area contributed by atoms with Gasteiger partial charge in [0.2, 0.25) is 0 Å². The second-order valence-electron chi connectivity index (χ2n) is 5.07. The van der Waals surface area contributed by atoms with Gasteiger partial charge in [0.05, 0.1) is 7.11 Å². The first-order valence-electron chi connectivity index (χ1n) is 7.03. The fourth-order valence-corrected chi connectivity index (χ4v) is 2.61. The number of piperazine rings is 1. The van der Waals surface area contributed by atoms with E-state index in [1.807, 2.05) is 6.07 Å². The van der Waals surface area contributed by atoms with E-state index in [9.17, 15) is 4.79 Å². The third-order valence-corrected chi connectivity index (χ3v) is 3.79. The van der Waals surface area contributed by atoms with Gasteiger partial charge in [0, 0.05) is 39.3 Å². The van der Waals surface area contributed by atoms with E-state index in [-0.39, 0.29) is 12.0 Å². The molecule has 1 heterocycles. The zero-order valence-electron chi connectivity index (χ0n) is 12.0. The van der Waals surface area contributed by atoms with Crippen molar-refractivity contribution < 1.29 is 9.53 Å². The first-order chi connectivity index (χ1) is 9.74. The molecule has 0 bridgehead atoms. The van der Waals surface area contributed by atoms with Crippen molar-refractivity contribution in [3.05, 3.63) is 35.9 Å². The third kappa shape index (κ3) is 3.79. The maximum atomic E-state index is 11.7. The number of hydrogen-bond acceptors (Lipinski definition) is 5. The molecule has 2 N–H and O–H groups in total. The van der Waals surface area contributed by atoms with Crippen LogP contribution < -0.4 is 5.73 Å². The molecule has 1 aliphatic rings. The Labute approximate surface area is 120 Å². The van der Waals surface area contributed by atoms with Crippen LogP contribution >= 0.6 is 0 Å². The minimum Gasteiger partial charge on any atom is -0.468 e. The molecule has 0 amide bonds. The predicted molar refractivity (Wildman–Crippen MR) is 78.2 cm³/mol. The standard InChI is InChI=1S/C15H23N3O2/c1-20-15(19)14(11-16)18-9-7-17(8-10-18)12-13-5-3-2-4-6-13/h2-6,14H,7-12,16H2,1H3. The Kier molecular flexibility index (Phi) is 5.52. The second kappa shape index (κ2) is 7.38. The van der Waals surface area contributed by atoms with Gasteiger partial charge in [0.15, 0.2) is 0 Å². The molecular weight excluding hydrogens is 254 g/mol. The van der Waals surface area contributed by atoms with Gasteiger partial charge in [-0.25, -0.2) is 0 Å². The van der Waals surface area contributed by atoms with Crippen molar-refractivity contribution in [2.24, 2.45) is 5.73 Å². The Balaban J connectivity index is 1.84. The molecule has 0 saturated carbocycles. The number of benzene rings is 1. The summed E-state index contributed by atoms with van der Waals surface area (Å²) in [5.74, 6) is -0.232. The van der Waals surface area contributed by atoms with Gasteiger partial charge in [-0.3, -0.25) is 14.6 Å². The van der Waals surface area contributed by atoms with E-state index < -0.39 is 0 Å². The maximum absolute atomic E-state index is 11.7. The molecule has 0 radical (unpaired) electrons. The van der Waals surface area contributed by atoms with E-state index in [0.29, 0.717) is 6.54 Å². The van der Waals surface area contributed by atoms with Gasteiger partial charge in [-0.05, 0) is 5.56 Å². The molecule has 0 aliphatic carbocycles. The van der Waals surface area contributed by atoms with E-state index in [0.717, 1.165) is 32.7 Å². The number of carbonyl (C=O) groups excluding carboxylic acids is 1. The van der Waals surface area contributed by atoms with Crippen LogP contribution in [0.15, 0.2) is 30.3 Å². The number of nitrogens with two attached hydrogens (primary N) is 1. The number of carbonyl (C=O) groups is 1. The molecule has 2 rings (SSSR count). The lowest BCUT2D eigenvalue weighted by Crippen LogP contribution is -2.55. The molecule has 1 aromatic carbocycles. The summed E-state index contributed by atoms with van der Waals surface area (Å²) in [6.45, 7) is 4.87. The third-order valence-electron chi connectivity index (χ3n) is 3.79. The van der Waals surface area contributed by atoms with Crippen LogP contribution in [0.1, 0.15) is 5.56 Å². The Bertz CT molecular complexity index is 416. The zero-order valence-corrected chi connectivity index (χ0v) is 12.0. The highest BCUT2D eigenvalue weighted by Crippen LogP contribution is 2.11. The SMILES string of the molecule is COC(=O)C(CN)N1CCN(Cc2ccccc2)CC1. The molecule has 0 spiro atoms. The molecule has 1 aliphatic heterocycles. The predicted octanol–water partition coefficient (Wildman–Crippen LogP) is 0.305. The van der Waals surface area contributed by atoms with Crippen molar-refractivity contribution in [3.63, 3.8) is 0 Å². The Morgan fingerprint density at radius 2 is 1.90 bits per heavy atom. The summed E-state index contributed by atoms with van der Waals surface area (Å²) in [6.07, 6.45) is 0. The van der Waals surface area contributed by atoms with Crippen LogP contribution in [-0.2, 0) is 16.1 Å². The molecule has 1 fully saturated rings. The molecule has 20 heavy (non-hydrogen) atoms. The van der Waals surface area contributed by atoms with Crippen molar-refractivity contribution >= 4 is 5.97 Å². The van der Waals surface area contributed by atoms with Crippen LogP contribution in [0.5, 0.6) is 0 Å². The molecule has 1 aromatic rings. The molecule has 1 saturated heterocycles. The fourth-order valence-electron chi connectivity index (χ4n) is 2.61. The summed E-state index contributed by atoms with van der Waals surface area (Å²) in [4.78, 5) is 16.2. The summed E-state index contributed by atoms with van der Waals surface area (Å²) < 4.78 is 4.80. The number of rotatable bonds is 5. The van der Waals surface area contributed by atoms with Crippen molar-refractivity contribution in [2.45, 2.75) is 12.6 Å². The van der Waals surface area contributed by atoms with Crippen LogP contribution in [0, 0.1) is 0 Å². The summed E-state index contributed by atoms with van der Waals surface area (Å²) >= 11 is 0. The quantitative estimate of drug-likeness (QED) is 0.785. The normalized spacial score (nSPS) is 18.7. The van der Waals surface area contributed by atoms with Crippen LogP contribution in [0.25, 0.3) is 0 Å². The fraction of sp³-hybridized carbons (Fsp3) is 0.533. The van der Waals surface area contributed by atoms with E-state index in [1.165, 1.54) is 12.7 Å². The number of esters is 1.